The van der Waals surface area contributed by atoms with Crippen LogP contribution < -0.4 is 10.1 Å². The van der Waals surface area contributed by atoms with E-state index in [1.165, 1.54) is 5.56 Å². The molecule has 112 valence electrons. The third-order valence-corrected chi connectivity index (χ3v) is 3.17. The van der Waals surface area contributed by atoms with Crippen molar-refractivity contribution in [2.24, 2.45) is 0 Å². The molecule has 1 unspecified atom stereocenters. The highest BCUT2D eigenvalue weighted by Crippen LogP contribution is 2.18. The second-order valence-electron chi connectivity index (χ2n) is 5.43. The van der Waals surface area contributed by atoms with Gasteiger partial charge in [-0.25, -0.2) is 9.97 Å². The molecule has 0 amide bonds. The third-order valence-electron chi connectivity index (χ3n) is 3.17. The summed E-state index contributed by atoms with van der Waals surface area (Å²) in [5.74, 6) is 1.71. The lowest BCUT2D eigenvalue weighted by atomic mass is 10.1. The fourth-order valence-electron chi connectivity index (χ4n) is 2.09. The van der Waals surface area contributed by atoms with E-state index in [-0.39, 0.29) is 12.1 Å². The molecule has 0 spiro atoms. The predicted octanol–water partition coefficient (Wildman–Crippen LogP) is 3.42. The van der Waals surface area contributed by atoms with Gasteiger partial charge in [0.15, 0.2) is 0 Å². The summed E-state index contributed by atoms with van der Waals surface area (Å²) in [4.78, 5) is 8.50. The van der Waals surface area contributed by atoms with Crippen LogP contribution in [0, 0.1) is 6.92 Å². The van der Waals surface area contributed by atoms with E-state index >= 15 is 0 Å². The molecule has 1 N–H and O–H groups in total. The van der Waals surface area contributed by atoms with Gasteiger partial charge >= 0.3 is 0 Å². The van der Waals surface area contributed by atoms with E-state index in [0.29, 0.717) is 0 Å². The van der Waals surface area contributed by atoms with Gasteiger partial charge in [-0.1, -0.05) is 12.1 Å². The van der Waals surface area contributed by atoms with Gasteiger partial charge < -0.3 is 10.1 Å². The molecule has 4 heteroatoms. The molecule has 2 rings (SSSR count). The number of aromatic nitrogens is 2. The molecule has 1 heterocycles. The van der Waals surface area contributed by atoms with Crippen LogP contribution in [0.1, 0.15) is 43.9 Å². The van der Waals surface area contributed by atoms with Crippen LogP contribution in [0.2, 0.25) is 0 Å². The largest absolute Gasteiger partial charge is 0.491 e. The van der Waals surface area contributed by atoms with Crippen molar-refractivity contribution in [2.45, 2.75) is 46.4 Å². The van der Waals surface area contributed by atoms with Crippen LogP contribution in [0.3, 0.4) is 0 Å². The molecule has 0 saturated carbocycles. The molecule has 0 aliphatic carbocycles. The third kappa shape index (κ3) is 4.83. The monoisotopic (exact) mass is 285 g/mol. The molecule has 1 atom stereocenters. The van der Waals surface area contributed by atoms with E-state index in [0.717, 1.165) is 23.8 Å². The number of nitrogens with one attached hydrogen (secondary N) is 1. The molecule has 0 fully saturated rings. The number of benzene rings is 1. The van der Waals surface area contributed by atoms with Crippen LogP contribution in [0.25, 0.3) is 0 Å². The molecular formula is C17H23N3O. The Morgan fingerprint density at radius 3 is 2.43 bits per heavy atom. The van der Waals surface area contributed by atoms with Crippen LogP contribution in [-0.4, -0.2) is 16.1 Å². The first-order valence-corrected chi connectivity index (χ1v) is 7.33. The molecular weight excluding hydrogens is 262 g/mol. The Labute approximate surface area is 126 Å². The number of hydrogen-bond donors (Lipinski definition) is 1. The molecule has 0 aliphatic heterocycles. The Bertz CT molecular complexity index is 567. The Kier molecular flexibility index (Phi) is 5.28. The van der Waals surface area contributed by atoms with Crippen LogP contribution in [0.15, 0.2) is 36.5 Å². The molecule has 2 aromatic rings. The molecule has 1 aromatic heterocycles. The second-order valence-corrected chi connectivity index (χ2v) is 5.43. The summed E-state index contributed by atoms with van der Waals surface area (Å²) < 4.78 is 5.65. The highest BCUT2D eigenvalue weighted by molar-refractivity contribution is 5.29. The van der Waals surface area contributed by atoms with E-state index in [2.05, 4.69) is 34.3 Å². The van der Waals surface area contributed by atoms with Gasteiger partial charge in [0, 0.05) is 18.8 Å². The standard InChI is InChI=1S/C17H23N3O/c1-12(2)21-17-7-5-15(6-8-17)13(3)19-11-16-9-10-18-14(4)20-16/h5-10,12-13,19H,11H2,1-4H3. The molecule has 4 nitrogen and oxygen atoms in total. The highest BCUT2D eigenvalue weighted by Gasteiger charge is 2.06. The summed E-state index contributed by atoms with van der Waals surface area (Å²) in [7, 11) is 0. The van der Waals surface area contributed by atoms with Crippen LogP contribution in [0.5, 0.6) is 5.75 Å². The number of ether oxygens (including phenoxy) is 1. The van der Waals surface area contributed by atoms with E-state index in [4.69, 9.17) is 4.74 Å². The predicted molar refractivity (Wildman–Crippen MR) is 84.2 cm³/mol. The minimum absolute atomic E-state index is 0.201. The number of aryl methyl sites for hydroxylation is 1. The number of nitrogens with zero attached hydrogens (tertiary/aromatic N) is 2. The van der Waals surface area contributed by atoms with Crippen molar-refractivity contribution in [3.8, 4) is 5.75 Å². The lowest BCUT2D eigenvalue weighted by molar-refractivity contribution is 0.242. The molecule has 21 heavy (non-hydrogen) atoms. The van der Waals surface area contributed by atoms with Crippen molar-refractivity contribution in [3.05, 3.63) is 53.6 Å². The summed E-state index contributed by atoms with van der Waals surface area (Å²) >= 11 is 0. The fraction of sp³-hybridized carbons (Fsp3) is 0.412. The minimum Gasteiger partial charge on any atom is -0.491 e. The van der Waals surface area contributed by atoms with Crippen molar-refractivity contribution in [1.29, 1.82) is 0 Å². The van der Waals surface area contributed by atoms with Gasteiger partial charge in [-0.3, -0.25) is 0 Å². The fourth-order valence-corrected chi connectivity index (χ4v) is 2.09. The summed E-state index contributed by atoms with van der Waals surface area (Å²) in [5.41, 5.74) is 2.24. The average Bonchev–Trinajstić information content (AvgIpc) is 2.45. The summed E-state index contributed by atoms with van der Waals surface area (Å²) in [6.45, 7) is 8.84. The van der Waals surface area contributed by atoms with Crippen molar-refractivity contribution in [3.63, 3.8) is 0 Å². The van der Waals surface area contributed by atoms with Crippen molar-refractivity contribution in [1.82, 2.24) is 15.3 Å². The Balaban J connectivity index is 1.92. The summed E-state index contributed by atoms with van der Waals surface area (Å²) in [6.07, 6.45) is 2.00. The Morgan fingerprint density at radius 2 is 1.81 bits per heavy atom. The smallest absolute Gasteiger partial charge is 0.125 e. The summed E-state index contributed by atoms with van der Waals surface area (Å²) in [6, 6.07) is 10.4. The van der Waals surface area contributed by atoms with Crippen LogP contribution in [0.4, 0.5) is 0 Å². The topological polar surface area (TPSA) is 47.0 Å². The molecule has 0 radical (unpaired) electrons. The quantitative estimate of drug-likeness (QED) is 0.883. The lowest BCUT2D eigenvalue weighted by Crippen LogP contribution is -2.19. The van der Waals surface area contributed by atoms with Gasteiger partial charge in [0.25, 0.3) is 0 Å². The minimum atomic E-state index is 0.201. The highest BCUT2D eigenvalue weighted by atomic mass is 16.5. The maximum Gasteiger partial charge on any atom is 0.125 e. The molecule has 1 aromatic carbocycles. The van der Waals surface area contributed by atoms with Crippen molar-refractivity contribution >= 4 is 0 Å². The van der Waals surface area contributed by atoms with Gasteiger partial charge in [0.05, 0.1) is 11.8 Å². The first kappa shape index (κ1) is 15.4. The van der Waals surface area contributed by atoms with E-state index < -0.39 is 0 Å². The molecule has 0 bridgehead atoms. The van der Waals surface area contributed by atoms with E-state index in [1.807, 2.05) is 39.0 Å². The maximum atomic E-state index is 5.65. The van der Waals surface area contributed by atoms with Gasteiger partial charge in [0.2, 0.25) is 0 Å². The first-order chi connectivity index (χ1) is 10.0. The van der Waals surface area contributed by atoms with Crippen molar-refractivity contribution in [2.75, 3.05) is 0 Å². The summed E-state index contributed by atoms with van der Waals surface area (Å²) in [5, 5.41) is 3.47. The number of hydrogen-bond acceptors (Lipinski definition) is 4. The van der Waals surface area contributed by atoms with Gasteiger partial charge in [0.1, 0.15) is 11.6 Å². The van der Waals surface area contributed by atoms with Gasteiger partial charge in [-0.15, -0.1) is 0 Å². The lowest BCUT2D eigenvalue weighted by Gasteiger charge is -2.15. The van der Waals surface area contributed by atoms with Crippen LogP contribution >= 0.6 is 0 Å². The maximum absolute atomic E-state index is 5.65. The van der Waals surface area contributed by atoms with Crippen LogP contribution in [-0.2, 0) is 6.54 Å². The van der Waals surface area contributed by atoms with Crippen molar-refractivity contribution < 1.29 is 4.74 Å². The second kappa shape index (κ2) is 7.18. The Hall–Kier alpha value is -1.94. The first-order valence-electron chi connectivity index (χ1n) is 7.33. The normalized spacial score (nSPS) is 12.4. The molecule has 0 saturated heterocycles. The zero-order valence-electron chi connectivity index (χ0n) is 13.1. The van der Waals surface area contributed by atoms with Gasteiger partial charge in [-0.05, 0) is 51.5 Å². The van der Waals surface area contributed by atoms with E-state index in [9.17, 15) is 0 Å². The zero-order valence-corrected chi connectivity index (χ0v) is 13.1. The Morgan fingerprint density at radius 1 is 1.10 bits per heavy atom. The van der Waals surface area contributed by atoms with Gasteiger partial charge in [-0.2, -0.15) is 0 Å². The van der Waals surface area contributed by atoms with E-state index in [1.54, 1.807) is 6.20 Å². The molecule has 0 aliphatic rings. The average molecular weight is 285 g/mol. The number of rotatable bonds is 6. The SMILES string of the molecule is Cc1nccc(CNC(C)c2ccc(OC(C)C)cc2)n1. The zero-order chi connectivity index (χ0) is 15.2.